The Hall–Kier alpha value is -3.26. The lowest BCUT2D eigenvalue weighted by Crippen LogP contribution is -2.34. The van der Waals surface area contributed by atoms with Gasteiger partial charge in [-0.05, 0) is 51.6 Å². The van der Waals surface area contributed by atoms with Gasteiger partial charge in [0.1, 0.15) is 0 Å². The van der Waals surface area contributed by atoms with E-state index in [0.29, 0.717) is 0 Å². The van der Waals surface area contributed by atoms with Crippen molar-refractivity contribution < 1.29 is 0 Å². The van der Waals surface area contributed by atoms with Crippen molar-refractivity contribution in [3.8, 4) is 0 Å². The molecule has 2 aliphatic rings. The summed E-state index contributed by atoms with van der Waals surface area (Å²) >= 11 is 0. The molecule has 1 spiro atoms. The van der Waals surface area contributed by atoms with Crippen molar-refractivity contribution in [2.75, 3.05) is 0 Å². The minimum Gasteiger partial charge on any atom is -0.404 e. The highest BCUT2D eigenvalue weighted by Crippen LogP contribution is 2.59. The first-order valence-electron chi connectivity index (χ1n) is 8.93. The molecule has 4 N–H and O–H groups in total. The first kappa shape index (κ1) is 15.0. The third-order valence-electron chi connectivity index (χ3n) is 5.87. The number of fused-ring (bicyclic) bond motifs is 6. The van der Waals surface area contributed by atoms with Gasteiger partial charge in [0.25, 0.3) is 0 Å². The van der Waals surface area contributed by atoms with Crippen LogP contribution in [0.3, 0.4) is 0 Å². The van der Waals surface area contributed by atoms with E-state index in [0.717, 1.165) is 17.6 Å². The number of allylic oxidation sites excluding steroid dienone is 2. The van der Waals surface area contributed by atoms with Gasteiger partial charge >= 0.3 is 0 Å². The van der Waals surface area contributed by atoms with E-state index in [2.05, 4.69) is 72.8 Å². The second kappa shape index (κ2) is 5.37. The number of nitrogens with two attached hydrogens (primary N) is 2. The number of benzene rings is 3. The van der Waals surface area contributed by atoms with E-state index in [1.165, 1.54) is 33.4 Å². The van der Waals surface area contributed by atoms with Gasteiger partial charge in [-0.2, -0.15) is 0 Å². The van der Waals surface area contributed by atoms with Crippen LogP contribution in [0, 0.1) is 0 Å². The van der Waals surface area contributed by atoms with Crippen LogP contribution in [0.1, 0.15) is 33.4 Å². The molecule has 0 saturated carbocycles. The van der Waals surface area contributed by atoms with Crippen molar-refractivity contribution in [2.45, 2.75) is 11.8 Å². The van der Waals surface area contributed by atoms with E-state index in [1.54, 1.807) is 12.4 Å². The molecule has 3 aromatic rings. The van der Waals surface area contributed by atoms with Crippen molar-refractivity contribution >= 4 is 5.57 Å². The largest absolute Gasteiger partial charge is 0.404 e. The Labute approximate surface area is 153 Å². The van der Waals surface area contributed by atoms with Gasteiger partial charge in [-0.25, -0.2) is 0 Å². The van der Waals surface area contributed by atoms with E-state index in [-0.39, 0.29) is 0 Å². The zero-order valence-electron chi connectivity index (χ0n) is 14.4. The van der Waals surface area contributed by atoms with Gasteiger partial charge in [-0.15, -0.1) is 0 Å². The Morgan fingerprint density at radius 2 is 1.19 bits per heavy atom. The third-order valence-corrected chi connectivity index (χ3v) is 5.87. The maximum Gasteiger partial charge on any atom is 0.0733 e. The zero-order chi connectivity index (χ0) is 17.7. The molecule has 0 heterocycles. The highest BCUT2D eigenvalue weighted by atomic mass is 14.6. The second-order valence-corrected chi connectivity index (χ2v) is 6.95. The molecule has 3 aromatic carbocycles. The summed E-state index contributed by atoms with van der Waals surface area (Å²) in [7, 11) is 0. The summed E-state index contributed by atoms with van der Waals surface area (Å²) in [6, 6.07) is 26.0. The van der Waals surface area contributed by atoms with Crippen LogP contribution in [0.4, 0.5) is 0 Å². The highest BCUT2D eigenvalue weighted by molar-refractivity contribution is 5.94. The lowest BCUT2D eigenvalue weighted by molar-refractivity contribution is 0.720. The van der Waals surface area contributed by atoms with Crippen LogP contribution in [-0.4, -0.2) is 0 Å². The van der Waals surface area contributed by atoms with Gasteiger partial charge in [0, 0.05) is 11.8 Å². The van der Waals surface area contributed by atoms with E-state index >= 15 is 0 Å². The van der Waals surface area contributed by atoms with Gasteiger partial charge in [0.2, 0.25) is 0 Å². The fourth-order valence-corrected chi connectivity index (χ4v) is 4.94. The minimum absolute atomic E-state index is 0.401. The smallest absolute Gasteiger partial charge is 0.0733 e. The topological polar surface area (TPSA) is 52.0 Å². The first-order valence-corrected chi connectivity index (χ1v) is 8.93. The van der Waals surface area contributed by atoms with Crippen LogP contribution in [-0.2, 0) is 11.8 Å². The van der Waals surface area contributed by atoms with Crippen LogP contribution in [0.5, 0.6) is 0 Å². The molecule has 126 valence electrons. The van der Waals surface area contributed by atoms with Crippen LogP contribution in [0.2, 0.25) is 0 Å². The van der Waals surface area contributed by atoms with Crippen molar-refractivity contribution in [2.24, 2.45) is 11.5 Å². The molecule has 0 saturated heterocycles. The van der Waals surface area contributed by atoms with Gasteiger partial charge in [0.05, 0.1) is 5.41 Å². The van der Waals surface area contributed by atoms with Crippen LogP contribution in [0.15, 0.2) is 90.8 Å². The second-order valence-electron chi connectivity index (χ2n) is 6.95. The van der Waals surface area contributed by atoms with E-state index in [4.69, 9.17) is 11.5 Å². The first-order chi connectivity index (χ1) is 12.8. The molecule has 2 nitrogen and oxygen atoms in total. The number of hydrogen-bond acceptors (Lipinski definition) is 2. The standard InChI is InChI=1S/C24H20N2/c25-14-19-18-9-3-6-12-22(18)24(23(19)15-26)20-10-4-1-7-16(20)13-17-8-2-5-11-21(17)24/h1-12,14-15H,13,25-26H2. The normalized spacial score (nSPS) is 19.4. The fourth-order valence-electron chi connectivity index (χ4n) is 4.94. The van der Waals surface area contributed by atoms with Crippen molar-refractivity contribution in [3.05, 3.63) is 124 Å². The quantitative estimate of drug-likeness (QED) is 0.650. The molecular weight excluding hydrogens is 316 g/mol. The lowest BCUT2D eigenvalue weighted by atomic mass is 9.61. The summed E-state index contributed by atoms with van der Waals surface area (Å²) in [5, 5.41) is 0. The zero-order valence-corrected chi connectivity index (χ0v) is 14.4. The average Bonchev–Trinajstić information content (AvgIpc) is 2.98. The van der Waals surface area contributed by atoms with E-state index < -0.39 is 5.41 Å². The summed E-state index contributed by atoms with van der Waals surface area (Å²) in [4.78, 5) is 0. The minimum atomic E-state index is -0.401. The molecule has 0 aromatic heterocycles. The summed E-state index contributed by atoms with van der Waals surface area (Å²) in [5.74, 6) is 0. The molecule has 2 aliphatic carbocycles. The predicted molar refractivity (Wildman–Crippen MR) is 106 cm³/mol. The van der Waals surface area contributed by atoms with Gasteiger partial charge in [0.15, 0.2) is 0 Å². The number of rotatable bonds is 0. The Morgan fingerprint density at radius 1 is 0.654 bits per heavy atom. The maximum absolute atomic E-state index is 6.24. The Morgan fingerprint density at radius 3 is 1.77 bits per heavy atom. The summed E-state index contributed by atoms with van der Waals surface area (Å²) in [5.41, 5.74) is 21.7. The average molecular weight is 336 g/mol. The highest BCUT2D eigenvalue weighted by Gasteiger charge is 2.51. The molecule has 5 rings (SSSR count). The van der Waals surface area contributed by atoms with Crippen molar-refractivity contribution in [1.29, 1.82) is 0 Å². The number of hydrogen-bond donors (Lipinski definition) is 2. The fraction of sp³-hybridized carbons (Fsp3) is 0.0833. The molecule has 0 radical (unpaired) electrons. The SMILES string of the molecule is NC=C1C(=CN)C2(c3ccccc3Cc3ccccc32)c2ccccc21. The third kappa shape index (κ3) is 1.66. The molecular formula is C24H20N2. The monoisotopic (exact) mass is 336 g/mol. The Kier molecular flexibility index (Phi) is 3.10. The molecule has 0 amide bonds. The molecule has 0 unspecified atom stereocenters. The van der Waals surface area contributed by atoms with E-state index in [1.807, 2.05) is 0 Å². The molecule has 0 fully saturated rings. The molecule has 26 heavy (non-hydrogen) atoms. The van der Waals surface area contributed by atoms with Crippen LogP contribution >= 0.6 is 0 Å². The summed E-state index contributed by atoms with van der Waals surface area (Å²) in [6.07, 6.45) is 4.39. The van der Waals surface area contributed by atoms with Gasteiger partial charge in [-0.3, -0.25) is 0 Å². The van der Waals surface area contributed by atoms with Gasteiger partial charge < -0.3 is 11.5 Å². The molecule has 2 heteroatoms. The van der Waals surface area contributed by atoms with Crippen molar-refractivity contribution in [1.82, 2.24) is 0 Å². The molecule has 0 atom stereocenters. The Bertz CT molecular complexity index is 1040. The van der Waals surface area contributed by atoms with Crippen LogP contribution < -0.4 is 11.5 Å². The molecule has 0 aliphatic heterocycles. The lowest BCUT2D eigenvalue weighted by Gasteiger charge is -2.40. The maximum atomic E-state index is 6.24. The van der Waals surface area contributed by atoms with Crippen molar-refractivity contribution in [3.63, 3.8) is 0 Å². The van der Waals surface area contributed by atoms with Crippen LogP contribution in [0.25, 0.3) is 5.57 Å². The van der Waals surface area contributed by atoms with E-state index in [9.17, 15) is 0 Å². The Balaban J connectivity index is 2.01. The molecule has 0 bridgehead atoms. The summed E-state index contributed by atoms with van der Waals surface area (Å²) < 4.78 is 0. The summed E-state index contributed by atoms with van der Waals surface area (Å²) in [6.45, 7) is 0. The van der Waals surface area contributed by atoms with Gasteiger partial charge in [-0.1, -0.05) is 72.8 Å². The predicted octanol–water partition coefficient (Wildman–Crippen LogP) is 4.08.